The highest BCUT2D eigenvalue weighted by molar-refractivity contribution is 4.77. The molecule has 0 spiro atoms. The summed E-state index contributed by atoms with van der Waals surface area (Å²) in [6.07, 6.45) is 2.54. The van der Waals surface area contributed by atoms with Crippen molar-refractivity contribution in [2.24, 2.45) is 11.8 Å². The third kappa shape index (κ3) is 4.49. The van der Waals surface area contributed by atoms with E-state index in [1.54, 1.807) is 7.11 Å². The largest absolute Gasteiger partial charge is 0.383 e. The van der Waals surface area contributed by atoms with Crippen molar-refractivity contribution >= 4 is 0 Å². The van der Waals surface area contributed by atoms with Crippen LogP contribution in [0.2, 0.25) is 0 Å². The fourth-order valence-corrected chi connectivity index (χ4v) is 2.16. The van der Waals surface area contributed by atoms with Crippen LogP contribution in [-0.2, 0) is 9.47 Å². The minimum atomic E-state index is 0.548. The molecular weight excluding hydrogens is 190 g/mol. The van der Waals surface area contributed by atoms with Gasteiger partial charge < -0.3 is 14.8 Å². The zero-order valence-electron chi connectivity index (χ0n) is 10.3. The van der Waals surface area contributed by atoms with Gasteiger partial charge in [-0.2, -0.15) is 0 Å². The number of ether oxygens (including phenoxy) is 2. The lowest BCUT2D eigenvalue weighted by atomic mass is 9.84. The average Bonchev–Trinajstić information content (AvgIpc) is 2.29. The molecule has 0 aromatic carbocycles. The van der Waals surface area contributed by atoms with Gasteiger partial charge in [-0.15, -0.1) is 0 Å². The van der Waals surface area contributed by atoms with Gasteiger partial charge in [0.15, 0.2) is 0 Å². The first kappa shape index (κ1) is 12.9. The molecule has 1 fully saturated rings. The first-order chi connectivity index (χ1) is 7.25. The van der Waals surface area contributed by atoms with E-state index in [0.717, 1.165) is 32.3 Å². The Labute approximate surface area is 93.5 Å². The summed E-state index contributed by atoms with van der Waals surface area (Å²) >= 11 is 0. The Bertz CT molecular complexity index is 158. The average molecular weight is 215 g/mol. The van der Waals surface area contributed by atoms with Crippen molar-refractivity contribution in [3.8, 4) is 0 Å². The molecular formula is C12H25NO2. The molecule has 1 N–H and O–H groups in total. The lowest BCUT2D eigenvalue weighted by molar-refractivity contribution is 0.0269. The van der Waals surface area contributed by atoms with Gasteiger partial charge in [0.05, 0.1) is 6.61 Å². The number of hydrogen-bond acceptors (Lipinski definition) is 3. The summed E-state index contributed by atoms with van der Waals surface area (Å²) in [6.45, 7) is 8.21. The number of methoxy groups -OCH3 is 1. The monoisotopic (exact) mass is 215 g/mol. The molecule has 1 saturated heterocycles. The standard InChI is InChI=1S/C12H25NO2/c1-10(11(2)13-6-8-14-3)12-5-4-7-15-9-12/h10-13H,4-9H2,1-3H3. The van der Waals surface area contributed by atoms with Crippen molar-refractivity contribution < 1.29 is 9.47 Å². The molecule has 90 valence electrons. The maximum absolute atomic E-state index is 5.53. The molecule has 0 saturated carbocycles. The second-order valence-corrected chi connectivity index (χ2v) is 4.57. The Balaban J connectivity index is 2.21. The highest BCUT2D eigenvalue weighted by Crippen LogP contribution is 2.24. The predicted molar refractivity (Wildman–Crippen MR) is 62.0 cm³/mol. The van der Waals surface area contributed by atoms with E-state index in [2.05, 4.69) is 19.2 Å². The third-order valence-corrected chi connectivity index (χ3v) is 3.50. The van der Waals surface area contributed by atoms with Crippen molar-refractivity contribution in [1.29, 1.82) is 0 Å². The Morgan fingerprint density at radius 3 is 2.87 bits per heavy atom. The van der Waals surface area contributed by atoms with Gasteiger partial charge in [-0.3, -0.25) is 0 Å². The highest BCUT2D eigenvalue weighted by Gasteiger charge is 2.24. The molecule has 3 unspecified atom stereocenters. The normalized spacial score (nSPS) is 26.2. The van der Waals surface area contributed by atoms with Crippen molar-refractivity contribution in [2.45, 2.75) is 32.7 Å². The second kappa shape index (κ2) is 7.20. The summed E-state index contributed by atoms with van der Waals surface area (Å²) in [7, 11) is 1.74. The van der Waals surface area contributed by atoms with E-state index in [1.165, 1.54) is 12.8 Å². The second-order valence-electron chi connectivity index (χ2n) is 4.57. The van der Waals surface area contributed by atoms with E-state index in [9.17, 15) is 0 Å². The molecule has 15 heavy (non-hydrogen) atoms. The summed E-state index contributed by atoms with van der Waals surface area (Å²) in [5.41, 5.74) is 0. The van der Waals surface area contributed by atoms with Gasteiger partial charge in [0.25, 0.3) is 0 Å². The Kier molecular flexibility index (Phi) is 6.22. The van der Waals surface area contributed by atoms with E-state index >= 15 is 0 Å². The lowest BCUT2D eigenvalue weighted by Gasteiger charge is -2.32. The van der Waals surface area contributed by atoms with Crippen LogP contribution in [0.4, 0.5) is 0 Å². The van der Waals surface area contributed by atoms with Crippen LogP contribution in [0.5, 0.6) is 0 Å². The molecule has 1 heterocycles. The van der Waals surface area contributed by atoms with E-state index in [4.69, 9.17) is 9.47 Å². The van der Waals surface area contributed by atoms with E-state index in [0.29, 0.717) is 12.0 Å². The highest BCUT2D eigenvalue weighted by atomic mass is 16.5. The minimum Gasteiger partial charge on any atom is -0.383 e. The van der Waals surface area contributed by atoms with Gasteiger partial charge in [-0.25, -0.2) is 0 Å². The molecule has 0 aromatic heterocycles. The van der Waals surface area contributed by atoms with E-state index in [1.807, 2.05) is 0 Å². The molecule has 0 radical (unpaired) electrons. The number of rotatable bonds is 6. The zero-order chi connectivity index (χ0) is 11.1. The number of hydrogen-bond donors (Lipinski definition) is 1. The molecule has 1 aliphatic heterocycles. The SMILES string of the molecule is COCCNC(C)C(C)C1CCCOC1. The third-order valence-electron chi connectivity index (χ3n) is 3.50. The maximum Gasteiger partial charge on any atom is 0.0587 e. The van der Waals surface area contributed by atoms with Gasteiger partial charge in [-0.1, -0.05) is 6.92 Å². The maximum atomic E-state index is 5.53. The molecule has 0 aromatic rings. The minimum absolute atomic E-state index is 0.548. The summed E-state index contributed by atoms with van der Waals surface area (Å²) < 4.78 is 10.6. The van der Waals surface area contributed by atoms with Crippen molar-refractivity contribution in [3.63, 3.8) is 0 Å². The van der Waals surface area contributed by atoms with Gasteiger partial charge >= 0.3 is 0 Å². The van der Waals surface area contributed by atoms with Gasteiger partial charge in [0.2, 0.25) is 0 Å². The van der Waals surface area contributed by atoms with Crippen LogP contribution in [0.1, 0.15) is 26.7 Å². The lowest BCUT2D eigenvalue weighted by Crippen LogP contribution is -2.39. The zero-order valence-corrected chi connectivity index (χ0v) is 10.3. The van der Waals surface area contributed by atoms with Crippen LogP contribution < -0.4 is 5.32 Å². The van der Waals surface area contributed by atoms with Crippen LogP contribution in [0.3, 0.4) is 0 Å². The van der Waals surface area contributed by atoms with Crippen LogP contribution in [0.25, 0.3) is 0 Å². The molecule has 1 rings (SSSR count). The smallest absolute Gasteiger partial charge is 0.0587 e. The Morgan fingerprint density at radius 2 is 2.27 bits per heavy atom. The fraction of sp³-hybridized carbons (Fsp3) is 1.00. The van der Waals surface area contributed by atoms with Crippen LogP contribution in [0, 0.1) is 11.8 Å². The molecule has 3 heteroatoms. The van der Waals surface area contributed by atoms with Gasteiger partial charge in [0, 0.05) is 32.9 Å². The number of nitrogens with one attached hydrogen (secondary N) is 1. The Hall–Kier alpha value is -0.120. The summed E-state index contributed by atoms with van der Waals surface area (Å²) in [5, 5.41) is 3.50. The van der Waals surface area contributed by atoms with E-state index < -0.39 is 0 Å². The van der Waals surface area contributed by atoms with E-state index in [-0.39, 0.29) is 0 Å². The van der Waals surface area contributed by atoms with Gasteiger partial charge in [-0.05, 0) is 31.6 Å². The Morgan fingerprint density at radius 1 is 1.47 bits per heavy atom. The topological polar surface area (TPSA) is 30.5 Å². The molecule has 0 aliphatic carbocycles. The fourth-order valence-electron chi connectivity index (χ4n) is 2.16. The first-order valence-electron chi connectivity index (χ1n) is 6.05. The molecule has 3 atom stereocenters. The first-order valence-corrected chi connectivity index (χ1v) is 6.05. The van der Waals surface area contributed by atoms with Crippen LogP contribution in [0.15, 0.2) is 0 Å². The van der Waals surface area contributed by atoms with Crippen LogP contribution in [-0.4, -0.2) is 39.5 Å². The van der Waals surface area contributed by atoms with Crippen molar-refractivity contribution in [3.05, 3.63) is 0 Å². The molecule has 0 bridgehead atoms. The van der Waals surface area contributed by atoms with Gasteiger partial charge in [0.1, 0.15) is 0 Å². The quantitative estimate of drug-likeness (QED) is 0.684. The van der Waals surface area contributed by atoms with Crippen LogP contribution >= 0.6 is 0 Å². The summed E-state index contributed by atoms with van der Waals surface area (Å²) in [5.74, 6) is 1.41. The van der Waals surface area contributed by atoms with Crippen molar-refractivity contribution in [2.75, 3.05) is 33.5 Å². The molecule has 3 nitrogen and oxygen atoms in total. The summed E-state index contributed by atoms with van der Waals surface area (Å²) in [4.78, 5) is 0. The predicted octanol–water partition coefficient (Wildman–Crippen LogP) is 1.67. The van der Waals surface area contributed by atoms with Crippen molar-refractivity contribution in [1.82, 2.24) is 5.32 Å². The molecule has 0 amide bonds. The summed E-state index contributed by atoms with van der Waals surface area (Å²) in [6, 6.07) is 0.548. The molecule has 1 aliphatic rings.